The largest absolute Gasteiger partial charge is 0.480 e. The SMILES string of the molecule is O=C(NC1(C(=O)O)CCCCC1)C1CCN(c2ccc3nnnn3n2)CC1. The van der Waals surface area contributed by atoms with E-state index in [1.807, 2.05) is 6.07 Å². The van der Waals surface area contributed by atoms with Gasteiger partial charge in [-0.1, -0.05) is 19.3 Å². The van der Waals surface area contributed by atoms with Gasteiger partial charge in [0.05, 0.1) is 0 Å². The number of aromatic nitrogens is 5. The lowest BCUT2D eigenvalue weighted by molar-refractivity contribution is -0.150. The monoisotopic (exact) mass is 373 g/mol. The number of fused-ring (bicyclic) bond motifs is 1. The first kappa shape index (κ1) is 17.6. The van der Waals surface area contributed by atoms with E-state index in [1.54, 1.807) is 6.07 Å². The van der Waals surface area contributed by atoms with Crippen LogP contribution in [0.4, 0.5) is 5.82 Å². The first-order valence-corrected chi connectivity index (χ1v) is 9.43. The summed E-state index contributed by atoms with van der Waals surface area (Å²) in [6.45, 7) is 1.36. The van der Waals surface area contributed by atoms with Gasteiger partial charge >= 0.3 is 5.97 Å². The number of tetrazole rings is 1. The second-order valence-corrected chi connectivity index (χ2v) is 7.42. The molecule has 0 aromatic carbocycles. The van der Waals surface area contributed by atoms with Gasteiger partial charge < -0.3 is 15.3 Å². The summed E-state index contributed by atoms with van der Waals surface area (Å²) in [5, 5.41) is 28.1. The first-order valence-electron chi connectivity index (χ1n) is 9.43. The molecule has 10 nitrogen and oxygen atoms in total. The molecule has 0 atom stereocenters. The highest BCUT2D eigenvalue weighted by molar-refractivity contribution is 5.88. The average molecular weight is 373 g/mol. The third-order valence-corrected chi connectivity index (χ3v) is 5.72. The van der Waals surface area contributed by atoms with E-state index in [1.165, 1.54) is 4.63 Å². The molecule has 2 aromatic heterocycles. The summed E-state index contributed by atoms with van der Waals surface area (Å²) in [7, 11) is 0. The Bertz CT molecular complexity index is 838. The summed E-state index contributed by atoms with van der Waals surface area (Å²) < 4.78 is 1.38. The van der Waals surface area contributed by atoms with E-state index in [4.69, 9.17) is 0 Å². The Kier molecular flexibility index (Phi) is 4.63. The van der Waals surface area contributed by atoms with Crippen LogP contribution in [0.5, 0.6) is 0 Å². The van der Waals surface area contributed by atoms with Crippen LogP contribution < -0.4 is 10.2 Å². The van der Waals surface area contributed by atoms with Crippen molar-refractivity contribution in [1.29, 1.82) is 0 Å². The predicted molar refractivity (Wildman–Crippen MR) is 95.1 cm³/mol. The van der Waals surface area contributed by atoms with Crippen molar-refractivity contribution in [2.45, 2.75) is 50.5 Å². The molecular formula is C17H23N7O3. The number of rotatable bonds is 4. The minimum atomic E-state index is -1.08. The fourth-order valence-corrected chi connectivity index (χ4v) is 4.07. The fraction of sp³-hybridized carbons (Fsp3) is 0.647. The third kappa shape index (κ3) is 3.43. The predicted octanol–water partition coefficient (Wildman–Crippen LogP) is 0.639. The zero-order valence-electron chi connectivity index (χ0n) is 15.0. The number of carboxylic acid groups (broad SMARTS) is 1. The first-order chi connectivity index (χ1) is 13.1. The second kappa shape index (κ2) is 7.09. The van der Waals surface area contributed by atoms with Crippen LogP contribution >= 0.6 is 0 Å². The number of aliphatic carboxylic acids is 1. The molecular weight excluding hydrogens is 350 g/mol. The summed E-state index contributed by atoms with van der Waals surface area (Å²) in [4.78, 5) is 26.6. The molecule has 27 heavy (non-hydrogen) atoms. The van der Waals surface area contributed by atoms with Crippen molar-refractivity contribution in [2.75, 3.05) is 18.0 Å². The van der Waals surface area contributed by atoms with E-state index in [0.29, 0.717) is 44.4 Å². The van der Waals surface area contributed by atoms with Crippen LogP contribution in [0, 0.1) is 5.92 Å². The minimum absolute atomic E-state index is 0.136. The van der Waals surface area contributed by atoms with Crippen LogP contribution in [0.15, 0.2) is 12.1 Å². The number of anilines is 1. The topological polar surface area (TPSA) is 126 Å². The van der Waals surface area contributed by atoms with E-state index in [2.05, 4.69) is 30.8 Å². The molecule has 4 rings (SSSR count). The van der Waals surface area contributed by atoms with Crippen LogP contribution in [0.3, 0.4) is 0 Å². The van der Waals surface area contributed by atoms with Crippen LogP contribution in [-0.2, 0) is 9.59 Å². The van der Waals surface area contributed by atoms with Gasteiger partial charge in [-0.2, -0.15) is 0 Å². The van der Waals surface area contributed by atoms with E-state index < -0.39 is 11.5 Å². The van der Waals surface area contributed by atoms with E-state index in [0.717, 1.165) is 25.1 Å². The van der Waals surface area contributed by atoms with Gasteiger partial charge in [-0.05, 0) is 48.2 Å². The maximum absolute atomic E-state index is 12.7. The number of nitrogens with one attached hydrogen (secondary N) is 1. The summed E-state index contributed by atoms with van der Waals surface area (Å²) >= 11 is 0. The molecule has 2 N–H and O–H groups in total. The molecule has 1 amide bonds. The molecule has 2 aromatic rings. The normalized spacial score (nSPS) is 20.5. The Labute approximate surface area is 155 Å². The molecule has 2 aliphatic rings. The molecule has 0 bridgehead atoms. The van der Waals surface area contributed by atoms with Crippen LogP contribution in [-0.4, -0.2) is 60.9 Å². The van der Waals surface area contributed by atoms with Gasteiger partial charge in [0.1, 0.15) is 5.54 Å². The lowest BCUT2D eigenvalue weighted by Crippen LogP contribution is -2.57. The van der Waals surface area contributed by atoms with Gasteiger partial charge in [0.2, 0.25) is 5.91 Å². The summed E-state index contributed by atoms with van der Waals surface area (Å²) in [6.07, 6.45) is 5.08. The maximum atomic E-state index is 12.7. The van der Waals surface area contributed by atoms with Crippen molar-refractivity contribution in [2.24, 2.45) is 5.92 Å². The summed E-state index contributed by atoms with van der Waals surface area (Å²) in [5.41, 5.74) is -0.501. The fourth-order valence-electron chi connectivity index (χ4n) is 4.07. The maximum Gasteiger partial charge on any atom is 0.329 e. The highest BCUT2D eigenvalue weighted by Gasteiger charge is 2.42. The Morgan fingerprint density at radius 3 is 2.59 bits per heavy atom. The molecule has 0 spiro atoms. The smallest absolute Gasteiger partial charge is 0.329 e. The highest BCUT2D eigenvalue weighted by atomic mass is 16.4. The van der Waals surface area contributed by atoms with Crippen molar-refractivity contribution in [3.05, 3.63) is 12.1 Å². The van der Waals surface area contributed by atoms with Gasteiger partial charge in [0, 0.05) is 19.0 Å². The number of hydrogen-bond donors (Lipinski definition) is 2. The number of amides is 1. The van der Waals surface area contributed by atoms with Crippen LogP contribution in [0.1, 0.15) is 44.9 Å². The third-order valence-electron chi connectivity index (χ3n) is 5.72. The number of nitrogens with zero attached hydrogens (tertiary/aromatic N) is 6. The number of piperidine rings is 1. The molecule has 10 heteroatoms. The standard InChI is InChI=1S/C17H23N7O3/c25-15(18-17(16(26)27)8-2-1-3-9-17)12-6-10-23(11-7-12)14-5-4-13-19-21-22-24(13)20-14/h4-5,12H,1-3,6-11H2,(H,18,25)(H,26,27). The Morgan fingerprint density at radius 2 is 1.89 bits per heavy atom. The van der Waals surface area contributed by atoms with Gasteiger partial charge in [-0.25, -0.2) is 4.79 Å². The number of carboxylic acids is 1. The van der Waals surface area contributed by atoms with Crippen molar-refractivity contribution in [1.82, 2.24) is 30.6 Å². The Hall–Kier alpha value is -2.78. The van der Waals surface area contributed by atoms with Gasteiger partial charge in [0.15, 0.2) is 11.5 Å². The van der Waals surface area contributed by atoms with Crippen molar-refractivity contribution in [3.8, 4) is 0 Å². The minimum Gasteiger partial charge on any atom is -0.480 e. The lowest BCUT2D eigenvalue weighted by Gasteiger charge is -2.37. The molecule has 0 radical (unpaired) electrons. The van der Waals surface area contributed by atoms with Gasteiger partial charge in [-0.3, -0.25) is 4.79 Å². The van der Waals surface area contributed by atoms with Crippen LogP contribution in [0.2, 0.25) is 0 Å². The molecule has 0 unspecified atom stereocenters. The zero-order chi connectivity index (χ0) is 18.9. The number of carbonyl (C=O) groups is 2. The molecule has 1 saturated heterocycles. The Balaban J connectivity index is 1.38. The lowest BCUT2D eigenvalue weighted by atomic mass is 9.81. The van der Waals surface area contributed by atoms with Crippen molar-refractivity contribution >= 4 is 23.3 Å². The molecule has 144 valence electrons. The highest BCUT2D eigenvalue weighted by Crippen LogP contribution is 2.30. The van der Waals surface area contributed by atoms with Crippen molar-refractivity contribution < 1.29 is 14.7 Å². The van der Waals surface area contributed by atoms with Crippen LogP contribution in [0.25, 0.3) is 5.65 Å². The second-order valence-electron chi connectivity index (χ2n) is 7.42. The van der Waals surface area contributed by atoms with Crippen molar-refractivity contribution in [3.63, 3.8) is 0 Å². The van der Waals surface area contributed by atoms with Gasteiger partial charge in [0.25, 0.3) is 0 Å². The molecule has 1 saturated carbocycles. The van der Waals surface area contributed by atoms with Gasteiger partial charge in [-0.15, -0.1) is 14.8 Å². The molecule has 1 aliphatic heterocycles. The quantitative estimate of drug-likeness (QED) is 0.800. The van der Waals surface area contributed by atoms with E-state index in [9.17, 15) is 14.7 Å². The average Bonchev–Trinajstić information content (AvgIpc) is 3.16. The summed E-state index contributed by atoms with van der Waals surface area (Å²) in [5.74, 6) is -0.450. The summed E-state index contributed by atoms with van der Waals surface area (Å²) in [6, 6.07) is 3.67. The Morgan fingerprint density at radius 1 is 1.15 bits per heavy atom. The molecule has 3 heterocycles. The van der Waals surface area contributed by atoms with E-state index >= 15 is 0 Å². The number of carbonyl (C=O) groups excluding carboxylic acids is 1. The zero-order valence-corrected chi connectivity index (χ0v) is 15.0. The molecule has 2 fully saturated rings. The molecule has 1 aliphatic carbocycles. The van der Waals surface area contributed by atoms with E-state index in [-0.39, 0.29) is 11.8 Å². The number of hydrogen-bond acceptors (Lipinski definition) is 7.